The maximum Gasteiger partial charge on any atom is 0.125 e. The van der Waals surface area contributed by atoms with Gasteiger partial charge in [-0.25, -0.2) is 8.42 Å². The van der Waals surface area contributed by atoms with Gasteiger partial charge in [-0.15, -0.1) is 0 Å². The van der Waals surface area contributed by atoms with Crippen LogP contribution in [0.5, 0.6) is 5.75 Å². The number of phenolic OH excluding ortho intramolecular Hbond substituents is 1. The molecule has 5 nitrogen and oxygen atoms in total. The molecule has 3 aromatic carbocycles. The number of hydrogen-bond donors (Lipinski definition) is 1. The fraction of sp³-hybridized carbons (Fsp3) is 0.543. The average Bonchev–Trinajstić information content (AvgIpc) is 2.93. The standard InChI is InChI=1S/C25H46N.C10H8O4S/c1-4-5-6-7-8-9-10-11-12-13-14-15-16-20-23-26(2,3)24-25-21-18-17-19-22-25;11-9-5-6-10(15(12,13)14)8-4-2-1-3-7(8)9/h17-19,21-22H,4-16,20,23-24H2,1-3H3;1-6,11H,(H,12,13,14)/q+1;/p-1. The Balaban J connectivity index is 0.000000329. The van der Waals surface area contributed by atoms with E-state index in [2.05, 4.69) is 51.4 Å². The van der Waals surface area contributed by atoms with Crippen molar-refractivity contribution < 1.29 is 22.6 Å². The summed E-state index contributed by atoms with van der Waals surface area (Å²) >= 11 is 0. The second kappa shape index (κ2) is 18.9. The maximum absolute atomic E-state index is 10.9. The Morgan fingerprint density at radius 2 is 1.10 bits per heavy atom. The minimum atomic E-state index is -4.51. The fourth-order valence-corrected chi connectivity index (χ4v) is 6.05. The molecule has 0 radical (unpaired) electrons. The predicted molar refractivity (Wildman–Crippen MR) is 171 cm³/mol. The third-order valence-corrected chi connectivity index (χ3v) is 8.60. The van der Waals surface area contributed by atoms with E-state index in [-0.39, 0.29) is 16.0 Å². The van der Waals surface area contributed by atoms with Crippen LogP contribution >= 0.6 is 0 Å². The maximum atomic E-state index is 10.9. The number of nitrogens with zero attached hydrogens (tertiary/aromatic N) is 1. The average molecular weight is 584 g/mol. The van der Waals surface area contributed by atoms with E-state index in [1.165, 1.54) is 114 Å². The number of unbranched alkanes of at least 4 members (excludes halogenated alkanes) is 13. The highest BCUT2D eigenvalue weighted by molar-refractivity contribution is 7.86. The van der Waals surface area contributed by atoms with Crippen molar-refractivity contribution >= 4 is 20.9 Å². The molecule has 0 fully saturated rings. The Morgan fingerprint density at radius 1 is 0.634 bits per heavy atom. The molecule has 0 aromatic heterocycles. The van der Waals surface area contributed by atoms with Gasteiger partial charge < -0.3 is 14.1 Å². The van der Waals surface area contributed by atoms with Gasteiger partial charge in [-0.05, 0) is 25.0 Å². The molecule has 0 aliphatic heterocycles. The van der Waals surface area contributed by atoms with Gasteiger partial charge in [0.2, 0.25) is 0 Å². The highest BCUT2D eigenvalue weighted by Gasteiger charge is 2.15. The van der Waals surface area contributed by atoms with Gasteiger partial charge in [0.25, 0.3) is 0 Å². The molecule has 0 aliphatic rings. The second-order valence-electron chi connectivity index (χ2n) is 12.0. The van der Waals surface area contributed by atoms with Crippen LogP contribution in [0.1, 0.15) is 102 Å². The van der Waals surface area contributed by atoms with Crippen LogP contribution in [-0.2, 0) is 16.7 Å². The van der Waals surface area contributed by atoms with E-state index in [4.69, 9.17) is 0 Å². The van der Waals surface area contributed by atoms with Gasteiger partial charge in [-0.1, -0.05) is 139 Å². The Bertz CT molecular complexity index is 1230. The van der Waals surface area contributed by atoms with Crippen molar-refractivity contribution in [1.29, 1.82) is 0 Å². The van der Waals surface area contributed by atoms with E-state index < -0.39 is 10.1 Å². The van der Waals surface area contributed by atoms with Crippen LogP contribution in [0.3, 0.4) is 0 Å². The van der Waals surface area contributed by atoms with E-state index in [0.717, 1.165) is 17.1 Å². The lowest BCUT2D eigenvalue weighted by Gasteiger charge is -2.30. The zero-order chi connectivity index (χ0) is 30.0. The van der Waals surface area contributed by atoms with Crippen molar-refractivity contribution in [2.24, 2.45) is 0 Å². The SMILES string of the molecule is CCCCCCCCCCCCCCCC[N+](C)(C)Cc1ccccc1.O=S(=O)([O-])c1ccc(O)c2ccccc12. The molecule has 0 spiro atoms. The minimum absolute atomic E-state index is 0.0435. The summed E-state index contributed by atoms with van der Waals surface area (Å²) in [6.45, 7) is 4.75. The van der Waals surface area contributed by atoms with Gasteiger partial charge in [0.1, 0.15) is 22.4 Å². The van der Waals surface area contributed by atoms with Crippen molar-refractivity contribution in [3.8, 4) is 5.75 Å². The molecule has 3 aromatic rings. The zero-order valence-electron chi connectivity index (χ0n) is 25.7. The van der Waals surface area contributed by atoms with Crippen LogP contribution in [0.2, 0.25) is 0 Å². The highest BCUT2D eigenvalue weighted by Crippen LogP contribution is 2.29. The lowest BCUT2D eigenvalue weighted by Crippen LogP contribution is -2.39. The van der Waals surface area contributed by atoms with Crippen molar-refractivity contribution in [3.05, 3.63) is 72.3 Å². The third kappa shape index (κ3) is 14.4. The number of phenols is 1. The number of fused-ring (bicyclic) bond motifs is 1. The first-order valence-corrected chi connectivity index (χ1v) is 17.1. The van der Waals surface area contributed by atoms with Gasteiger partial charge in [-0.3, -0.25) is 0 Å². The van der Waals surface area contributed by atoms with E-state index in [1.54, 1.807) is 18.2 Å². The first-order chi connectivity index (χ1) is 19.6. The third-order valence-electron chi connectivity index (χ3n) is 7.70. The van der Waals surface area contributed by atoms with Gasteiger partial charge in [0.15, 0.2) is 0 Å². The summed E-state index contributed by atoms with van der Waals surface area (Å²) in [5, 5.41) is 10.1. The topological polar surface area (TPSA) is 77.4 Å². The largest absolute Gasteiger partial charge is 0.744 e. The summed E-state index contributed by atoms with van der Waals surface area (Å²) in [4.78, 5) is -0.309. The Hall–Kier alpha value is -2.41. The molecule has 0 saturated heterocycles. The first kappa shape index (κ1) is 34.8. The lowest BCUT2D eigenvalue weighted by atomic mass is 10.0. The van der Waals surface area contributed by atoms with Crippen LogP contribution < -0.4 is 0 Å². The Morgan fingerprint density at radius 3 is 1.61 bits per heavy atom. The normalized spacial score (nSPS) is 11.8. The second-order valence-corrected chi connectivity index (χ2v) is 13.3. The summed E-state index contributed by atoms with van der Waals surface area (Å²) in [5.41, 5.74) is 1.46. The number of benzene rings is 3. The lowest BCUT2D eigenvalue weighted by molar-refractivity contribution is -0.903. The highest BCUT2D eigenvalue weighted by atomic mass is 32.2. The first-order valence-electron chi connectivity index (χ1n) is 15.7. The van der Waals surface area contributed by atoms with Gasteiger partial charge in [0.05, 0.1) is 25.5 Å². The monoisotopic (exact) mass is 583 g/mol. The van der Waals surface area contributed by atoms with E-state index in [1.807, 2.05) is 0 Å². The van der Waals surface area contributed by atoms with Crippen LogP contribution in [0.15, 0.2) is 71.6 Å². The molecular formula is C35H53NO4S. The summed E-state index contributed by atoms with van der Waals surface area (Å²) < 4.78 is 33.9. The zero-order valence-corrected chi connectivity index (χ0v) is 26.5. The summed E-state index contributed by atoms with van der Waals surface area (Å²) in [7, 11) is 0.233. The molecule has 0 aliphatic carbocycles. The number of hydrogen-bond acceptors (Lipinski definition) is 4. The molecule has 0 bridgehead atoms. The van der Waals surface area contributed by atoms with Crippen molar-refractivity contribution in [2.75, 3.05) is 20.6 Å². The molecule has 0 saturated carbocycles. The molecule has 41 heavy (non-hydrogen) atoms. The predicted octanol–water partition coefficient (Wildman–Crippen LogP) is 9.19. The van der Waals surface area contributed by atoms with Crippen molar-refractivity contribution in [3.63, 3.8) is 0 Å². The molecule has 6 heteroatoms. The summed E-state index contributed by atoms with van der Waals surface area (Å²) in [5.74, 6) is -0.0435. The van der Waals surface area contributed by atoms with E-state index in [0.29, 0.717) is 5.39 Å². The van der Waals surface area contributed by atoms with Gasteiger partial charge in [-0.2, -0.15) is 0 Å². The van der Waals surface area contributed by atoms with Crippen molar-refractivity contribution in [1.82, 2.24) is 0 Å². The molecule has 0 amide bonds. The van der Waals surface area contributed by atoms with Gasteiger partial charge >= 0.3 is 0 Å². The Labute approximate surface area is 250 Å². The van der Waals surface area contributed by atoms with Crippen molar-refractivity contribution in [2.45, 2.75) is 108 Å². The van der Waals surface area contributed by atoms with E-state index >= 15 is 0 Å². The number of quaternary nitrogens is 1. The summed E-state index contributed by atoms with van der Waals surface area (Å²) in [6, 6.07) is 19.5. The summed E-state index contributed by atoms with van der Waals surface area (Å²) in [6.07, 6.45) is 20.2. The molecule has 0 unspecified atom stereocenters. The molecule has 0 heterocycles. The fourth-order valence-electron chi connectivity index (χ4n) is 5.36. The Kier molecular flexibility index (Phi) is 16.0. The molecule has 3 rings (SSSR count). The number of aromatic hydroxyl groups is 1. The van der Waals surface area contributed by atoms with E-state index in [9.17, 15) is 18.1 Å². The molecule has 0 atom stereocenters. The molecular weight excluding hydrogens is 530 g/mol. The minimum Gasteiger partial charge on any atom is -0.744 e. The van der Waals surface area contributed by atoms with Crippen LogP contribution in [-0.4, -0.2) is 43.2 Å². The quantitative estimate of drug-likeness (QED) is 0.0920. The molecule has 228 valence electrons. The van der Waals surface area contributed by atoms with Gasteiger partial charge in [0, 0.05) is 16.3 Å². The molecule has 1 N–H and O–H groups in total. The number of rotatable bonds is 18. The van der Waals surface area contributed by atoms with Crippen LogP contribution in [0.4, 0.5) is 0 Å². The smallest absolute Gasteiger partial charge is 0.125 e. The van der Waals surface area contributed by atoms with Crippen LogP contribution in [0, 0.1) is 0 Å². The van der Waals surface area contributed by atoms with Crippen LogP contribution in [0.25, 0.3) is 10.8 Å².